The van der Waals surface area contributed by atoms with Crippen molar-refractivity contribution in [3.8, 4) is 0 Å². The van der Waals surface area contributed by atoms with Crippen molar-refractivity contribution in [3.05, 3.63) is 71.8 Å². The minimum absolute atomic E-state index is 0.0770. The zero-order valence-corrected chi connectivity index (χ0v) is 22.9. The summed E-state index contributed by atoms with van der Waals surface area (Å²) in [7, 11) is 0. The zero-order chi connectivity index (χ0) is 26.8. The van der Waals surface area contributed by atoms with E-state index in [4.69, 9.17) is 18.9 Å². The van der Waals surface area contributed by atoms with Crippen LogP contribution < -0.4 is 0 Å². The molecule has 0 aromatic heterocycles. The molecule has 206 valence electrons. The summed E-state index contributed by atoms with van der Waals surface area (Å²) in [5.74, 6) is -0.895. The second kappa shape index (κ2) is 13.6. The predicted octanol–water partition coefficient (Wildman–Crippen LogP) is 6.40. The highest BCUT2D eigenvalue weighted by Crippen LogP contribution is 2.50. The van der Waals surface area contributed by atoms with Crippen LogP contribution in [0, 0.1) is 11.8 Å². The first-order valence-electron chi connectivity index (χ1n) is 14.1. The lowest BCUT2D eigenvalue weighted by atomic mass is 9.58. The maximum absolute atomic E-state index is 13.6. The van der Waals surface area contributed by atoms with Gasteiger partial charge in [0.25, 0.3) is 0 Å². The maximum atomic E-state index is 13.6. The van der Waals surface area contributed by atoms with Crippen LogP contribution in [0.25, 0.3) is 0 Å². The van der Waals surface area contributed by atoms with Crippen molar-refractivity contribution >= 4 is 11.6 Å². The molecule has 0 spiro atoms. The number of hydrogen-bond acceptors (Lipinski definition) is 6. The van der Waals surface area contributed by atoms with E-state index in [9.17, 15) is 9.59 Å². The summed E-state index contributed by atoms with van der Waals surface area (Å²) in [5, 5.41) is 0. The van der Waals surface area contributed by atoms with E-state index in [1.807, 2.05) is 74.5 Å². The Labute approximate surface area is 227 Å². The number of hydrogen-bond donors (Lipinski definition) is 0. The molecule has 6 nitrogen and oxygen atoms in total. The van der Waals surface area contributed by atoms with Crippen molar-refractivity contribution in [2.75, 3.05) is 13.6 Å². The van der Waals surface area contributed by atoms with Crippen molar-refractivity contribution in [1.82, 2.24) is 0 Å². The largest absolute Gasteiger partial charge is 0.351 e. The number of rotatable bonds is 13. The molecule has 0 heterocycles. The Kier molecular flexibility index (Phi) is 10.3. The van der Waals surface area contributed by atoms with Gasteiger partial charge >= 0.3 is 0 Å². The molecule has 0 aliphatic heterocycles. The van der Waals surface area contributed by atoms with Gasteiger partial charge in [-0.2, -0.15) is 0 Å². The highest BCUT2D eigenvalue weighted by Gasteiger charge is 2.58. The first-order valence-corrected chi connectivity index (χ1v) is 14.1. The van der Waals surface area contributed by atoms with Gasteiger partial charge in [0.2, 0.25) is 0 Å². The number of Topliss-reactive ketones (excluding diaryl/α,β-unsaturated/α-hetero) is 2. The normalized spacial score (nSPS) is 27.9. The van der Waals surface area contributed by atoms with Gasteiger partial charge in [-0.25, -0.2) is 0 Å². The molecule has 4 rings (SSSR count). The van der Waals surface area contributed by atoms with Gasteiger partial charge in [0, 0.05) is 12.8 Å². The van der Waals surface area contributed by atoms with Gasteiger partial charge in [0.1, 0.15) is 25.2 Å². The Balaban J connectivity index is 1.50. The van der Waals surface area contributed by atoms with Crippen LogP contribution in [0.3, 0.4) is 0 Å². The summed E-state index contributed by atoms with van der Waals surface area (Å²) in [6.07, 6.45) is 5.15. The van der Waals surface area contributed by atoms with Gasteiger partial charge in [-0.05, 0) is 49.7 Å². The molecule has 38 heavy (non-hydrogen) atoms. The van der Waals surface area contributed by atoms with Gasteiger partial charge in [0.05, 0.1) is 36.3 Å². The van der Waals surface area contributed by atoms with Crippen molar-refractivity contribution in [2.45, 2.75) is 89.6 Å². The molecule has 2 aliphatic carbocycles. The molecule has 2 aromatic rings. The maximum Gasteiger partial charge on any atom is 0.147 e. The quantitative estimate of drug-likeness (QED) is 0.224. The van der Waals surface area contributed by atoms with Crippen LogP contribution in [-0.4, -0.2) is 36.4 Å². The number of ketones is 2. The number of benzene rings is 2. The van der Waals surface area contributed by atoms with E-state index < -0.39 is 23.0 Å². The third-order valence-electron chi connectivity index (χ3n) is 8.49. The highest BCUT2D eigenvalue weighted by atomic mass is 16.7. The molecule has 2 aromatic carbocycles. The molecular weight excluding hydrogens is 480 g/mol. The highest BCUT2D eigenvalue weighted by molar-refractivity contribution is 5.92. The van der Waals surface area contributed by atoms with E-state index >= 15 is 0 Å². The zero-order valence-electron chi connectivity index (χ0n) is 22.9. The fourth-order valence-corrected chi connectivity index (χ4v) is 6.42. The Morgan fingerprint density at radius 2 is 1.05 bits per heavy atom. The lowest BCUT2D eigenvalue weighted by Crippen LogP contribution is -2.61. The molecular formula is C32H42O6. The lowest BCUT2D eigenvalue weighted by molar-refractivity contribution is -0.228. The molecule has 2 fully saturated rings. The van der Waals surface area contributed by atoms with Crippen LogP contribution in [0.5, 0.6) is 0 Å². The van der Waals surface area contributed by atoms with Gasteiger partial charge in [-0.15, -0.1) is 0 Å². The summed E-state index contributed by atoms with van der Waals surface area (Å²) >= 11 is 0. The van der Waals surface area contributed by atoms with Crippen LogP contribution in [0.1, 0.15) is 76.3 Å². The van der Waals surface area contributed by atoms with Crippen LogP contribution in [-0.2, 0) is 41.8 Å². The topological polar surface area (TPSA) is 71.1 Å². The predicted molar refractivity (Wildman–Crippen MR) is 145 cm³/mol. The van der Waals surface area contributed by atoms with Crippen molar-refractivity contribution in [3.63, 3.8) is 0 Å². The third kappa shape index (κ3) is 6.60. The standard InChI is InChI=1S/C32H42O6/c1-3-31(37-23-35-21-25-13-7-5-8-14-25)19-11-17-27(33)29(31)30-28(34)18-12-20-32(30,4-2)38-24-36-22-26-15-9-6-10-16-26/h5-10,13-16,29-30H,3-4,11-12,17-24H2,1-2H3/t29-,30-,31-,32-/m0/s1. The SMILES string of the molecule is CC[C@]1(OCOCc2ccccc2)CCCC(=O)[C@H]1[C@@H]1C(=O)CCC[C@]1(CC)OCOCc1ccccc1. The summed E-state index contributed by atoms with van der Waals surface area (Å²) in [4.78, 5) is 27.3. The van der Waals surface area contributed by atoms with Gasteiger partial charge in [-0.3, -0.25) is 9.59 Å². The summed E-state index contributed by atoms with van der Waals surface area (Å²) < 4.78 is 24.7. The van der Waals surface area contributed by atoms with Crippen molar-refractivity contribution in [1.29, 1.82) is 0 Å². The average molecular weight is 523 g/mol. The molecule has 2 saturated carbocycles. The van der Waals surface area contributed by atoms with Gasteiger partial charge in [0.15, 0.2) is 0 Å². The Morgan fingerprint density at radius 1 is 0.658 bits per heavy atom. The summed E-state index contributed by atoms with van der Waals surface area (Å²) in [5.41, 5.74) is 0.625. The van der Waals surface area contributed by atoms with Gasteiger partial charge in [-0.1, -0.05) is 74.5 Å². The van der Waals surface area contributed by atoms with Gasteiger partial charge < -0.3 is 18.9 Å². The second-order valence-electron chi connectivity index (χ2n) is 10.6. The molecule has 0 saturated heterocycles. The Morgan fingerprint density at radius 3 is 1.42 bits per heavy atom. The lowest BCUT2D eigenvalue weighted by Gasteiger charge is -2.52. The number of ether oxygens (including phenoxy) is 4. The fourth-order valence-electron chi connectivity index (χ4n) is 6.42. The number of carbonyl (C=O) groups excluding carboxylic acids is 2. The molecule has 4 atom stereocenters. The van der Waals surface area contributed by atoms with E-state index in [1.54, 1.807) is 0 Å². The second-order valence-corrected chi connectivity index (χ2v) is 10.6. The van der Waals surface area contributed by atoms with Crippen LogP contribution in [0.15, 0.2) is 60.7 Å². The molecule has 0 unspecified atom stereocenters. The summed E-state index contributed by atoms with van der Waals surface area (Å²) in [6.45, 7) is 5.12. The average Bonchev–Trinajstić information content (AvgIpc) is 2.95. The third-order valence-corrected chi connectivity index (χ3v) is 8.49. The number of carbonyl (C=O) groups is 2. The van der Waals surface area contributed by atoms with Crippen molar-refractivity contribution in [2.24, 2.45) is 11.8 Å². The van der Waals surface area contributed by atoms with Crippen LogP contribution in [0.2, 0.25) is 0 Å². The minimum Gasteiger partial charge on any atom is -0.351 e. The first kappa shape index (κ1) is 28.6. The molecule has 0 radical (unpaired) electrons. The molecule has 0 bridgehead atoms. The smallest absolute Gasteiger partial charge is 0.147 e. The van der Waals surface area contributed by atoms with Crippen LogP contribution in [0.4, 0.5) is 0 Å². The molecule has 0 amide bonds. The molecule has 0 N–H and O–H groups in total. The van der Waals surface area contributed by atoms with E-state index in [0.29, 0.717) is 38.9 Å². The van der Waals surface area contributed by atoms with Crippen molar-refractivity contribution < 1.29 is 28.5 Å². The van der Waals surface area contributed by atoms with E-state index in [1.165, 1.54) is 0 Å². The van der Waals surface area contributed by atoms with E-state index in [-0.39, 0.29) is 25.2 Å². The Bertz CT molecular complexity index is 941. The van der Waals surface area contributed by atoms with Crippen LogP contribution >= 0.6 is 0 Å². The van der Waals surface area contributed by atoms with E-state index in [0.717, 1.165) is 36.8 Å². The molecule has 6 heteroatoms. The first-order chi connectivity index (χ1) is 18.5. The Hall–Kier alpha value is -2.38. The summed E-state index contributed by atoms with van der Waals surface area (Å²) in [6, 6.07) is 19.9. The molecule has 2 aliphatic rings. The minimum atomic E-state index is -0.752. The fraction of sp³-hybridized carbons (Fsp3) is 0.562. The monoisotopic (exact) mass is 522 g/mol. The van der Waals surface area contributed by atoms with E-state index in [2.05, 4.69) is 0 Å².